The van der Waals surface area contributed by atoms with Crippen LogP contribution in [0.1, 0.15) is 36.4 Å². The lowest BCUT2D eigenvalue weighted by Gasteiger charge is -2.04. The largest absolute Gasteiger partial charge is 0.172 e. The Kier molecular flexibility index (Phi) is 4.24. The zero-order chi connectivity index (χ0) is 16.7. The van der Waals surface area contributed by atoms with Crippen LogP contribution in [0.3, 0.4) is 0 Å². The third kappa shape index (κ3) is 2.70. The van der Waals surface area contributed by atoms with Gasteiger partial charge in [-0.1, -0.05) is 32.9 Å². The molecule has 0 bridgehead atoms. The van der Waals surface area contributed by atoms with Crippen LogP contribution in [0.5, 0.6) is 0 Å². The van der Waals surface area contributed by atoms with Gasteiger partial charge in [-0.2, -0.15) is 8.75 Å². The zero-order valence-electron chi connectivity index (χ0n) is 13.9. The Morgan fingerprint density at radius 1 is 0.833 bits per heavy atom. The number of nitrogens with zero attached hydrogens (tertiary/aromatic N) is 2. The molecule has 0 amide bonds. The van der Waals surface area contributed by atoms with Gasteiger partial charge in [-0.15, -0.1) is 22.7 Å². The smallest absolute Gasteiger partial charge is 0.114 e. The highest BCUT2D eigenvalue weighted by atomic mass is 32.1. The summed E-state index contributed by atoms with van der Waals surface area (Å²) in [6.07, 6.45) is 1.08. The van der Waals surface area contributed by atoms with Crippen molar-refractivity contribution in [1.82, 2.24) is 8.75 Å². The molecule has 5 heteroatoms. The van der Waals surface area contributed by atoms with Gasteiger partial charge in [0.15, 0.2) is 0 Å². The number of aryl methyl sites for hydroxylation is 1. The van der Waals surface area contributed by atoms with E-state index in [-0.39, 0.29) is 0 Å². The number of fused-ring (bicyclic) bond motifs is 1. The average Bonchev–Trinajstić information content (AvgIpc) is 3.32. The van der Waals surface area contributed by atoms with Crippen LogP contribution >= 0.6 is 34.4 Å². The van der Waals surface area contributed by atoms with Gasteiger partial charge in [-0.3, -0.25) is 0 Å². The highest BCUT2D eigenvalue weighted by Crippen LogP contribution is 2.40. The van der Waals surface area contributed by atoms with Gasteiger partial charge in [0.2, 0.25) is 0 Å². The molecule has 0 saturated carbocycles. The number of benzene rings is 1. The first kappa shape index (κ1) is 15.9. The average molecular weight is 371 g/mol. The maximum Gasteiger partial charge on any atom is 0.114 e. The summed E-state index contributed by atoms with van der Waals surface area (Å²) in [4.78, 5) is 5.38. The predicted molar refractivity (Wildman–Crippen MR) is 108 cm³/mol. The molecule has 0 radical (unpaired) electrons. The van der Waals surface area contributed by atoms with Crippen molar-refractivity contribution in [2.75, 3.05) is 0 Å². The minimum absolute atomic E-state index is 0.561. The van der Waals surface area contributed by atoms with Gasteiger partial charge in [0, 0.05) is 30.6 Å². The Bertz CT molecular complexity index is 991. The number of rotatable bonds is 4. The molecule has 3 heterocycles. The summed E-state index contributed by atoms with van der Waals surface area (Å²) in [5.41, 5.74) is 4.46. The summed E-state index contributed by atoms with van der Waals surface area (Å²) in [5.74, 6) is 0.561. The van der Waals surface area contributed by atoms with Crippen LogP contribution < -0.4 is 0 Å². The van der Waals surface area contributed by atoms with Crippen molar-refractivity contribution in [1.29, 1.82) is 0 Å². The molecule has 0 spiro atoms. The third-order valence-electron chi connectivity index (χ3n) is 4.15. The second-order valence-corrected chi connectivity index (χ2v) is 8.91. The Hall–Kier alpha value is -1.56. The normalized spacial score (nSPS) is 11.7. The van der Waals surface area contributed by atoms with Crippen LogP contribution in [0.15, 0.2) is 36.4 Å². The second kappa shape index (κ2) is 6.39. The van der Waals surface area contributed by atoms with E-state index in [0.29, 0.717) is 5.92 Å². The van der Waals surface area contributed by atoms with E-state index in [4.69, 9.17) is 0 Å². The molecule has 24 heavy (non-hydrogen) atoms. The molecule has 122 valence electrons. The summed E-state index contributed by atoms with van der Waals surface area (Å²) < 4.78 is 9.20. The van der Waals surface area contributed by atoms with Crippen LogP contribution in [0.2, 0.25) is 0 Å². The van der Waals surface area contributed by atoms with Crippen molar-refractivity contribution in [2.45, 2.75) is 33.1 Å². The lowest BCUT2D eigenvalue weighted by atomic mass is 10.1. The second-order valence-electron chi connectivity index (χ2n) is 6.10. The fourth-order valence-corrected chi connectivity index (χ4v) is 5.37. The molecule has 4 rings (SSSR count). The SMILES string of the molecule is CCc1ccc(-c2ccc(-c3ccc(C(C)C)s3)c3nsnc23)s1. The predicted octanol–water partition coefficient (Wildman–Crippen LogP) is 6.83. The van der Waals surface area contributed by atoms with E-state index in [2.05, 4.69) is 65.9 Å². The van der Waals surface area contributed by atoms with E-state index in [1.54, 1.807) is 0 Å². The van der Waals surface area contributed by atoms with E-state index < -0.39 is 0 Å². The van der Waals surface area contributed by atoms with Gasteiger partial charge in [-0.25, -0.2) is 0 Å². The topological polar surface area (TPSA) is 25.8 Å². The van der Waals surface area contributed by atoms with Crippen molar-refractivity contribution in [3.05, 3.63) is 46.2 Å². The van der Waals surface area contributed by atoms with Gasteiger partial charge in [0.1, 0.15) is 11.0 Å². The van der Waals surface area contributed by atoms with Crippen LogP contribution in [-0.2, 0) is 6.42 Å². The molecule has 0 atom stereocenters. The molecule has 0 N–H and O–H groups in total. The van der Waals surface area contributed by atoms with Crippen LogP contribution in [0.4, 0.5) is 0 Å². The van der Waals surface area contributed by atoms with E-state index >= 15 is 0 Å². The van der Waals surface area contributed by atoms with Crippen molar-refractivity contribution >= 4 is 45.4 Å². The molecule has 0 aliphatic rings. The Morgan fingerprint density at radius 3 is 2.00 bits per heavy atom. The highest BCUT2D eigenvalue weighted by molar-refractivity contribution is 7.16. The summed E-state index contributed by atoms with van der Waals surface area (Å²) in [5, 5.41) is 0. The summed E-state index contributed by atoms with van der Waals surface area (Å²) in [7, 11) is 0. The lowest BCUT2D eigenvalue weighted by molar-refractivity contribution is 0.890. The van der Waals surface area contributed by atoms with Crippen molar-refractivity contribution in [2.24, 2.45) is 0 Å². The molecule has 1 aromatic carbocycles. The first-order valence-corrected chi connectivity index (χ1v) is 10.5. The summed E-state index contributed by atoms with van der Waals surface area (Å²) >= 11 is 5.02. The molecule has 3 aromatic heterocycles. The van der Waals surface area contributed by atoms with E-state index in [1.165, 1.54) is 42.4 Å². The molecule has 4 aromatic rings. The zero-order valence-corrected chi connectivity index (χ0v) is 16.3. The van der Waals surface area contributed by atoms with E-state index in [1.807, 2.05) is 22.7 Å². The molecule has 2 nitrogen and oxygen atoms in total. The number of hydrogen-bond donors (Lipinski definition) is 0. The molecular formula is C19H18N2S3. The Balaban J connectivity index is 1.85. The Labute approximate surface area is 154 Å². The van der Waals surface area contributed by atoms with Crippen LogP contribution in [0, 0.1) is 0 Å². The molecule has 0 saturated heterocycles. The van der Waals surface area contributed by atoms with Gasteiger partial charge in [0.05, 0.1) is 11.7 Å². The lowest BCUT2D eigenvalue weighted by Crippen LogP contribution is -1.82. The van der Waals surface area contributed by atoms with Gasteiger partial charge >= 0.3 is 0 Å². The van der Waals surface area contributed by atoms with Crippen molar-refractivity contribution in [3.8, 4) is 20.9 Å². The van der Waals surface area contributed by atoms with Crippen LogP contribution in [-0.4, -0.2) is 8.75 Å². The minimum Gasteiger partial charge on any atom is -0.172 e. The highest BCUT2D eigenvalue weighted by Gasteiger charge is 2.16. The quantitative estimate of drug-likeness (QED) is 0.393. The first-order valence-electron chi connectivity index (χ1n) is 8.11. The molecular weight excluding hydrogens is 352 g/mol. The number of thiophene rings is 2. The third-order valence-corrected chi connectivity index (χ3v) is 7.36. The van der Waals surface area contributed by atoms with E-state index in [0.717, 1.165) is 17.5 Å². The van der Waals surface area contributed by atoms with E-state index in [9.17, 15) is 0 Å². The molecule has 0 unspecified atom stereocenters. The van der Waals surface area contributed by atoms with Crippen molar-refractivity contribution < 1.29 is 0 Å². The summed E-state index contributed by atoms with van der Waals surface area (Å²) in [6, 6.07) is 13.3. The van der Waals surface area contributed by atoms with Crippen LogP contribution in [0.25, 0.3) is 31.9 Å². The van der Waals surface area contributed by atoms with Gasteiger partial charge < -0.3 is 0 Å². The molecule has 0 fully saturated rings. The van der Waals surface area contributed by atoms with Gasteiger partial charge in [0.25, 0.3) is 0 Å². The maximum absolute atomic E-state index is 4.60. The molecule has 0 aliphatic carbocycles. The monoisotopic (exact) mass is 370 g/mol. The number of hydrogen-bond acceptors (Lipinski definition) is 5. The van der Waals surface area contributed by atoms with Gasteiger partial charge in [-0.05, 0) is 36.6 Å². The maximum atomic E-state index is 4.60. The first-order chi connectivity index (χ1) is 11.7. The standard InChI is InChI=1S/C19H18N2S3/c1-4-12-5-8-16(22-12)13-6-7-14(19-18(13)20-24-21-19)17-10-9-15(23-17)11(2)3/h5-11H,4H2,1-3H3. The fourth-order valence-electron chi connectivity index (χ4n) is 2.78. The number of aromatic nitrogens is 2. The van der Waals surface area contributed by atoms with Crippen molar-refractivity contribution in [3.63, 3.8) is 0 Å². The molecule has 0 aliphatic heterocycles. The fraction of sp³-hybridized carbons (Fsp3) is 0.263. The summed E-state index contributed by atoms with van der Waals surface area (Å²) in [6.45, 7) is 6.67. The minimum atomic E-state index is 0.561. The Morgan fingerprint density at radius 2 is 1.46 bits per heavy atom.